The molecule has 4 nitrogen and oxygen atoms in total. The first-order valence-corrected chi connectivity index (χ1v) is 4.73. The van der Waals surface area contributed by atoms with Gasteiger partial charge in [0.1, 0.15) is 6.04 Å². The van der Waals surface area contributed by atoms with Crippen LogP contribution >= 0.6 is 0 Å². The second-order valence-electron chi connectivity index (χ2n) is 3.45. The number of hydrogen-bond donors (Lipinski definition) is 2. The van der Waals surface area contributed by atoms with Gasteiger partial charge in [-0.3, -0.25) is 9.59 Å². The zero-order valence-corrected chi connectivity index (χ0v) is 8.09. The molecule has 0 bridgehead atoms. The van der Waals surface area contributed by atoms with Gasteiger partial charge in [-0.05, 0) is 12.8 Å². The van der Waals surface area contributed by atoms with Crippen molar-refractivity contribution in [3.8, 4) is 0 Å². The molecule has 0 radical (unpaired) electrons. The number of nitrogens with one attached hydrogen (secondary N) is 2. The fourth-order valence-corrected chi connectivity index (χ4v) is 1.23. The summed E-state index contributed by atoms with van der Waals surface area (Å²) >= 11 is 0. The van der Waals surface area contributed by atoms with Crippen LogP contribution in [-0.2, 0) is 9.59 Å². The van der Waals surface area contributed by atoms with Gasteiger partial charge >= 0.3 is 0 Å². The van der Waals surface area contributed by atoms with E-state index >= 15 is 0 Å². The summed E-state index contributed by atoms with van der Waals surface area (Å²) in [5.74, 6) is -0.0883. The summed E-state index contributed by atoms with van der Waals surface area (Å²) in [4.78, 5) is 22.5. The van der Waals surface area contributed by atoms with E-state index in [1.165, 1.54) is 0 Å². The Morgan fingerprint density at radius 3 is 2.92 bits per heavy atom. The second kappa shape index (κ2) is 4.25. The molecular weight excluding hydrogens is 168 g/mol. The lowest BCUT2D eigenvalue weighted by atomic mass is 10.1. The van der Waals surface area contributed by atoms with Crippen molar-refractivity contribution in [2.75, 3.05) is 6.54 Å². The summed E-state index contributed by atoms with van der Waals surface area (Å²) in [6.07, 6.45) is 1.52. The Hall–Kier alpha value is -1.06. The second-order valence-corrected chi connectivity index (χ2v) is 3.45. The van der Waals surface area contributed by atoms with Crippen LogP contribution in [0, 0.1) is 5.92 Å². The molecule has 2 unspecified atom stereocenters. The lowest BCUT2D eigenvalue weighted by Crippen LogP contribution is -2.42. The van der Waals surface area contributed by atoms with Crippen LogP contribution in [0.3, 0.4) is 0 Å². The molecule has 1 saturated heterocycles. The maximum Gasteiger partial charge on any atom is 0.242 e. The summed E-state index contributed by atoms with van der Waals surface area (Å²) in [6.45, 7) is 4.49. The average Bonchev–Trinajstić information content (AvgIpc) is 2.50. The maximum absolute atomic E-state index is 11.4. The molecule has 0 spiro atoms. The third-order valence-corrected chi connectivity index (χ3v) is 2.43. The molecule has 2 amide bonds. The minimum Gasteiger partial charge on any atom is -0.354 e. The van der Waals surface area contributed by atoms with E-state index in [0.717, 1.165) is 6.42 Å². The van der Waals surface area contributed by atoms with Crippen molar-refractivity contribution in [3.63, 3.8) is 0 Å². The van der Waals surface area contributed by atoms with Crippen molar-refractivity contribution in [3.05, 3.63) is 0 Å². The normalized spacial score (nSPS) is 23.8. The van der Waals surface area contributed by atoms with E-state index in [1.54, 1.807) is 0 Å². The third-order valence-electron chi connectivity index (χ3n) is 2.43. The van der Waals surface area contributed by atoms with E-state index in [1.807, 2.05) is 13.8 Å². The first-order valence-electron chi connectivity index (χ1n) is 4.73. The van der Waals surface area contributed by atoms with Gasteiger partial charge in [0.05, 0.1) is 0 Å². The molecule has 1 heterocycles. The van der Waals surface area contributed by atoms with Gasteiger partial charge in [0.25, 0.3) is 0 Å². The summed E-state index contributed by atoms with van der Waals surface area (Å²) in [5.41, 5.74) is 0. The van der Waals surface area contributed by atoms with Gasteiger partial charge in [-0.25, -0.2) is 0 Å². The van der Waals surface area contributed by atoms with Crippen molar-refractivity contribution in [2.24, 2.45) is 5.92 Å². The SMILES string of the molecule is CCC(C)C(=O)NC1CCNC1=O. The van der Waals surface area contributed by atoms with E-state index in [0.29, 0.717) is 13.0 Å². The quantitative estimate of drug-likeness (QED) is 0.650. The fraction of sp³-hybridized carbons (Fsp3) is 0.778. The molecule has 2 N–H and O–H groups in total. The van der Waals surface area contributed by atoms with Crippen molar-refractivity contribution in [1.82, 2.24) is 10.6 Å². The zero-order chi connectivity index (χ0) is 9.84. The van der Waals surface area contributed by atoms with E-state index in [4.69, 9.17) is 0 Å². The summed E-state index contributed by atoms with van der Waals surface area (Å²) in [5, 5.41) is 5.41. The molecule has 74 valence electrons. The highest BCUT2D eigenvalue weighted by atomic mass is 16.2. The van der Waals surface area contributed by atoms with E-state index in [-0.39, 0.29) is 23.8 Å². The van der Waals surface area contributed by atoms with Gasteiger partial charge < -0.3 is 10.6 Å². The molecule has 0 aromatic heterocycles. The monoisotopic (exact) mass is 184 g/mol. The standard InChI is InChI=1S/C9H16N2O2/c1-3-6(2)8(12)11-7-4-5-10-9(7)13/h6-7H,3-5H2,1-2H3,(H,10,13)(H,11,12). The topological polar surface area (TPSA) is 58.2 Å². The van der Waals surface area contributed by atoms with E-state index < -0.39 is 0 Å². The molecule has 1 rings (SSSR count). The molecule has 4 heteroatoms. The van der Waals surface area contributed by atoms with Crippen LogP contribution < -0.4 is 10.6 Å². The number of carbonyl (C=O) groups excluding carboxylic acids is 2. The first-order chi connectivity index (χ1) is 6.15. The Morgan fingerprint density at radius 1 is 1.77 bits per heavy atom. The Kier molecular flexibility index (Phi) is 3.28. The average molecular weight is 184 g/mol. The van der Waals surface area contributed by atoms with Crippen LogP contribution in [-0.4, -0.2) is 24.4 Å². The van der Waals surface area contributed by atoms with Crippen LogP contribution in [0.5, 0.6) is 0 Å². The number of hydrogen-bond acceptors (Lipinski definition) is 2. The Morgan fingerprint density at radius 2 is 2.46 bits per heavy atom. The van der Waals surface area contributed by atoms with Crippen LogP contribution in [0.15, 0.2) is 0 Å². The first kappa shape index (κ1) is 10.0. The highest BCUT2D eigenvalue weighted by molar-refractivity contribution is 5.89. The van der Waals surface area contributed by atoms with Gasteiger partial charge in [0.2, 0.25) is 11.8 Å². The maximum atomic E-state index is 11.4. The minimum atomic E-state index is -0.304. The highest BCUT2D eigenvalue weighted by Crippen LogP contribution is 2.04. The third kappa shape index (κ3) is 2.44. The van der Waals surface area contributed by atoms with Crippen molar-refractivity contribution < 1.29 is 9.59 Å². The summed E-state index contributed by atoms with van der Waals surface area (Å²) < 4.78 is 0. The van der Waals surface area contributed by atoms with Gasteiger partial charge in [-0.15, -0.1) is 0 Å². The molecule has 1 aliphatic heterocycles. The molecule has 0 aromatic rings. The summed E-state index contributed by atoms with van der Waals surface area (Å²) in [6, 6.07) is -0.304. The van der Waals surface area contributed by atoms with Crippen LogP contribution in [0.25, 0.3) is 0 Å². The van der Waals surface area contributed by atoms with Gasteiger partial charge in [-0.2, -0.15) is 0 Å². The fourth-order valence-electron chi connectivity index (χ4n) is 1.23. The number of amides is 2. The van der Waals surface area contributed by atoms with E-state index in [9.17, 15) is 9.59 Å². The van der Waals surface area contributed by atoms with Gasteiger partial charge in [0.15, 0.2) is 0 Å². The van der Waals surface area contributed by atoms with Crippen molar-refractivity contribution in [2.45, 2.75) is 32.7 Å². The number of rotatable bonds is 3. The predicted octanol–water partition coefficient (Wildman–Crippen LogP) is 0.0372. The Labute approximate surface area is 78.1 Å². The molecular formula is C9H16N2O2. The molecule has 0 saturated carbocycles. The Bertz CT molecular complexity index is 216. The van der Waals surface area contributed by atoms with Crippen LogP contribution in [0.2, 0.25) is 0 Å². The predicted molar refractivity (Wildman–Crippen MR) is 49.0 cm³/mol. The van der Waals surface area contributed by atoms with Crippen LogP contribution in [0.4, 0.5) is 0 Å². The largest absolute Gasteiger partial charge is 0.354 e. The molecule has 0 aliphatic carbocycles. The smallest absolute Gasteiger partial charge is 0.242 e. The highest BCUT2D eigenvalue weighted by Gasteiger charge is 2.26. The minimum absolute atomic E-state index is 0.00611. The van der Waals surface area contributed by atoms with Crippen molar-refractivity contribution in [1.29, 1.82) is 0 Å². The zero-order valence-electron chi connectivity index (χ0n) is 8.09. The molecule has 13 heavy (non-hydrogen) atoms. The lowest BCUT2D eigenvalue weighted by Gasteiger charge is -2.13. The molecule has 1 fully saturated rings. The van der Waals surface area contributed by atoms with Crippen molar-refractivity contribution >= 4 is 11.8 Å². The Balaban J connectivity index is 2.39. The number of carbonyl (C=O) groups is 2. The summed E-state index contributed by atoms with van der Waals surface area (Å²) in [7, 11) is 0. The molecule has 0 aromatic carbocycles. The van der Waals surface area contributed by atoms with Crippen LogP contribution in [0.1, 0.15) is 26.7 Å². The van der Waals surface area contributed by atoms with Gasteiger partial charge in [0, 0.05) is 12.5 Å². The molecule has 2 atom stereocenters. The lowest BCUT2D eigenvalue weighted by molar-refractivity contribution is -0.129. The molecule has 1 aliphatic rings. The van der Waals surface area contributed by atoms with E-state index in [2.05, 4.69) is 10.6 Å². The van der Waals surface area contributed by atoms with Gasteiger partial charge in [-0.1, -0.05) is 13.8 Å².